The Labute approximate surface area is 197 Å². The number of ether oxygens (including phenoxy) is 2. The Morgan fingerprint density at radius 1 is 1.24 bits per heavy atom. The third kappa shape index (κ3) is 4.52. The van der Waals surface area contributed by atoms with Crippen LogP contribution >= 0.6 is 0 Å². The molecular formula is C25H28N6O3. The molecule has 0 spiro atoms. The monoisotopic (exact) mass is 460 g/mol. The summed E-state index contributed by atoms with van der Waals surface area (Å²) in [6.45, 7) is 2.23. The molecule has 1 aliphatic heterocycles. The number of nitrogens with one attached hydrogen (secondary N) is 2. The molecule has 0 saturated heterocycles. The molecule has 0 fully saturated rings. The molecule has 176 valence electrons. The summed E-state index contributed by atoms with van der Waals surface area (Å²) in [4.78, 5) is 22.1. The molecule has 3 aromatic heterocycles. The number of pyridine rings is 1. The number of methoxy groups -OCH3 is 1. The third-order valence-corrected chi connectivity index (χ3v) is 6.12. The minimum Gasteiger partial charge on any atom is -0.382 e. The van der Waals surface area contributed by atoms with E-state index in [4.69, 9.17) is 9.47 Å². The van der Waals surface area contributed by atoms with E-state index in [0.29, 0.717) is 26.3 Å². The molecule has 1 aromatic carbocycles. The van der Waals surface area contributed by atoms with Gasteiger partial charge in [-0.3, -0.25) is 9.48 Å². The molecular weight excluding hydrogens is 432 g/mol. The number of carbonyl (C=O) groups excluding carboxylic acids is 1. The SMILES string of the molecule is COCCOCC(=O)N1CC=C(c2cc3c(Nc4ccc5c(cnn5C)c4)ccnc3[nH]2)CC1. The zero-order chi connectivity index (χ0) is 23.5. The molecule has 4 aromatic rings. The summed E-state index contributed by atoms with van der Waals surface area (Å²) in [5, 5.41) is 9.95. The van der Waals surface area contributed by atoms with Gasteiger partial charge in [-0.15, -0.1) is 0 Å². The molecule has 0 unspecified atom stereocenters. The molecule has 0 radical (unpaired) electrons. The second-order valence-electron chi connectivity index (χ2n) is 8.34. The summed E-state index contributed by atoms with van der Waals surface area (Å²) < 4.78 is 12.2. The molecule has 34 heavy (non-hydrogen) atoms. The van der Waals surface area contributed by atoms with Gasteiger partial charge in [0.05, 0.1) is 30.6 Å². The number of amides is 1. The van der Waals surface area contributed by atoms with Crippen molar-refractivity contribution in [3.63, 3.8) is 0 Å². The Morgan fingerprint density at radius 3 is 2.97 bits per heavy atom. The number of carbonyl (C=O) groups is 1. The summed E-state index contributed by atoms with van der Waals surface area (Å²) >= 11 is 0. The maximum Gasteiger partial charge on any atom is 0.248 e. The lowest BCUT2D eigenvalue weighted by Crippen LogP contribution is -2.37. The fourth-order valence-corrected chi connectivity index (χ4v) is 4.24. The number of H-pyrrole nitrogens is 1. The van der Waals surface area contributed by atoms with Gasteiger partial charge in [0.25, 0.3) is 0 Å². The second-order valence-corrected chi connectivity index (χ2v) is 8.34. The summed E-state index contributed by atoms with van der Waals surface area (Å²) in [5.74, 6) is 0.00166. The molecule has 2 N–H and O–H groups in total. The van der Waals surface area contributed by atoms with Crippen LogP contribution in [0.2, 0.25) is 0 Å². The lowest BCUT2D eigenvalue weighted by atomic mass is 10.0. The summed E-state index contributed by atoms with van der Waals surface area (Å²) in [7, 11) is 3.55. The van der Waals surface area contributed by atoms with Crippen molar-refractivity contribution in [3.8, 4) is 0 Å². The highest BCUT2D eigenvalue weighted by Crippen LogP contribution is 2.31. The highest BCUT2D eigenvalue weighted by atomic mass is 16.5. The first-order valence-electron chi connectivity index (χ1n) is 11.3. The quantitative estimate of drug-likeness (QED) is 0.391. The fourth-order valence-electron chi connectivity index (χ4n) is 4.24. The van der Waals surface area contributed by atoms with E-state index in [2.05, 4.69) is 50.7 Å². The van der Waals surface area contributed by atoms with Crippen LogP contribution in [0.1, 0.15) is 12.1 Å². The van der Waals surface area contributed by atoms with Crippen LogP contribution in [-0.2, 0) is 21.3 Å². The number of aryl methyl sites for hydroxylation is 1. The number of hydrogen-bond acceptors (Lipinski definition) is 6. The van der Waals surface area contributed by atoms with Crippen molar-refractivity contribution in [2.24, 2.45) is 7.05 Å². The van der Waals surface area contributed by atoms with Gasteiger partial charge in [-0.25, -0.2) is 4.98 Å². The standard InChI is InChI=1S/C25H28N6O3/c1-30-23-4-3-19(13-18(23)15-27-30)28-21-5-8-26-25-20(21)14-22(29-25)17-6-9-31(10-7-17)24(32)16-34-12-11-33-2/h3-6,8,13-15H,7,9-12,16H2,1-2H3,(H2,26,28,29). The first kappa shape index (κ1) is 22.1. The topological polar surface area (TPSA) is 97.3 Å². The van der Waals surface area contributed by atoms with Gasteiger partial charge < -0.3 is 24.7 Å². The largest absolute Gasteiger partial charge is 0.382 e. The maximum absolute atomic E-state index is 12.3. The van der Waals surface area contributed by atoms with Gasteiger partial charge in [0, 0.05) is 55.6 Å². The predicted octanol–water partition coefficient (Wildman–Crippen LogP) is 3.47. The Morgan fingerprint density at radius 2 is 2.15 bits per heavy atom. The number of nitrogens with zero attached hydrogens (tertiary/aromatic N) is 4. The Bertz CT molecular complexity index is 1360. The zero-order valence-corrected chi connectivity index (χ0v) is 19.4. The highest BCUT2D eigenvalue weighted by Gasteiger charge is 2.19. The third-order valence-electron chi connectivity index (χ3n) is 6.12. The Balaban J connectivity index is 1.30. The van der Waals surface area contributed by atoms with E-state index >= 15 is 0 Å². The highest BCUT2D eigenvalue weighted by molar-refractivity contribution is 5.95. The van der Waals surface area contributed by atoms with E-state index in [1.54, 1.807) is 13.3 Å². The van der Waals surface area contributed by atoms with Crippen molar-refractivity contribution in [2.75, 3.05) is 45.3 Å². The number of fused-ring (bicyclic) bond motifs is 2. The van der Waals surface area contributed by atoms with Crippen molar-refractivity contribution in [2.45, 2.75) is 6.42 Å². The molecule has 0 atom stereocenters. The number of aromatic nitrogens is 4. The molecule has 0 aliphatic carbocycles. The van der Waals surface area contributed by atoms with Gasteiger partial charge in [-0.1, -0.05) is 6.08 Å². The van der Waals surface area contributed by atoms with Crippen LogP contribution in [-0.4, -0.2) is 70.6 Å². The van der Waals surface area contributed by atoms with Crippen LogP contribution in [0.15, 0.2) is 48.8 Å². The smallest absolute Gasteiger partial charge is 0.248 e. The average Bonchev–Trinajstić information content (AvgIpc) is 3.46. The van der Waals surface area contributed by atoms with Crippen LogP contribution < -0.4 is 5.32 Å². The number of rotatable bonds is 8. The van der Waals surface area contributed by atoms with Gasteiger partial charge in [-0.2, -0.15) is 5.10 Å². The molecule has 1 amide bonds. The van der Waals surface area contributed by atoms with Crippen LogP contribution in [0.3, 0.4) is 0 Å². The van der Waals surface area contributed by atoms with Gasteiger partial charge >= 0.3 is 0 Å². The first-order chi connectivity index (χ1) is 16.6. The Kier molecular flexibility index (Phi) is 6.29. The van der Waals surface area contributed by atoms with Crippen LogP contribution in [0.4, 0.5) is 11.4 Å². The van der Waals surface area contributed by atoms with Gasteiger partial charge in [0.1, 0.15) is 12.3 Å². The van der Waals surface area contributed by atoms with Crippen LogP contribution in [0.25, 0.3) is 27.5 Å². The van der Waals surface area contributed by atoms with Gasteiger partial charge in [-0.05, 0) is 42.3 Å². The van der Waals surface area contributed by atoms with Crippen LogP contribution in [0.5, 0.6) is 0 Å². The second kappa shape index (κ2) is 9.66. The fraction of sp³-hybridized carbons (Fsp3) is 0.320. The van der Waals surface area contributed by atoms with Crippen molar-refractivity contribution in [1.29, 1.82) is 0 Å². The summed E-state index contributed by atoms with van der Waals surface area (Å²) in [6, 6.07) is 10.3. The molecule has 9 heteroatoms. The average molecular weight is 461 g/mol. The van der Waals surface area contributed by atoms with Crippen molar-refractivity contribution < 1.29 is 14.3 Å². The predicted molar refractivity (Wildman–Crippen MR) is 132 cm³/mol. The van der Waals surface area contributed by atoms with E-state index in [1.807, 2.05) is 28.9 Å². The van der Waals surface area contributed by atoms with Crippen molar-refractivity contribution in [3.05, 3.63) is 54.5 Å². The molecule has 5 rings (SSSR count). The Hall–Kier alpha value is -3.69. The number of aromatic amines is 1. The van der Waals surface area contributed by atoms with E-state index in [9.17, 15) is 4.79 Å². The summed E-state index contributed by atoms with van der Waals surface area (Å²) in [6.07, 6.45) is 6.54. The molecule has 0 saturated carbocycles. The van der Waals surface area contributed by atoms with E-state index < -0.39 is 0 Å². The molecule has 1 aliphatic rings. The number of benzene rings is 1. The minimum absolute atomic E-state index is 0.00166. The maximum atomic E-state index is 12.3. The first-order valence-corrected chi connectivity index (χ1v) is 11.3. The van der Waals surface area contributed by atoms with Crippen LogP contribution in [0, 0.1) is 0 Å². The van der Waals surface area contributed by atoms with E-state index in [0.717, 1.165) is 45.4 Å². The van der Waals surface area contributed by atoms with Gasteiger partial charge in [0.2, 0.25) is 5.91 Å². The number of hydrogen-bond donors (Lipinski definition) is 2. The molecule has 9 nitrogen and oxygen atoms in total. The minimum atomic E-state index is 0.00166. The van der Waals surface area contributed by atoms with Gasteiger partial charge in [0.15, 0.2) is 0 Å². The lowest BCUT2D eigenvalue weighted by Gasteiger charge is -2.26. The normalized spacial score (nSPS) is 14.1. The lowest BCUT2D eigenvalue weighted by molar-refractivity contribution is -0.136. The summed E-state index contributed by atoms with van der Waals surface area (Å²) in [5.41, 5.74) is 6.11. The van der Waals surface area contributed by atoms with Crippen molar-refractivity contribution in [1.82, 2.24) is 24.6 Å². The molecule has 4 heterocycles. The van der Waals surface area contributed by atoms with E-state index in [1.165, 1.54) is 5.57 Å². The van der Waals surface area contributed by atoms with E-state index in [-0.39, 0.29) is 12.5 Å². The number of anilines is 2. The molecule has 0 bridgehead atoms. The zero-order valence-electron chi connectivity index (χ0n) is 19.4. The van der Waals surface area contributed by atoms with Crippen molar-refractivity contribution >= 4 is 44.8 Å².